The Balaban J connectivity index is 4.79. The van der Waals surface area contributed by atoms with Gasteiger partial charge >= 0.3 is 11.9 Å². The molecule has 0 spiro atoms. The van der Waals surface area contributed by atoms with Crippen molar-refractivity contribution < 1.29 is 39.2 Å². The van der Waals surface area contributed by atoms with Crippen LogP contribution < -0.4 is 0 Å². The second-order valence-corrected chi connectivity index (χ2v) is 13.6. The van der Waals surface area contributed by atoms with E-state index in [-0.39, 0.29) is 12.8 Å². The molecular weight excluding hydrogens is 596 g/mol. The number of carboxylic acid groups (broad SMARTS) is 1. The molecule has 1 unspecified atom stereocenters. The largest absolute Gasteiger partial charge is 0.481 e. The summed E-state index contributed by atoms with van der Waals surface area (Å²) in [5.41, 5.74) is -2.50. The van der Waals surface area contributed by atoms with E-state index in [0.717, 1.165) is 51.4 Å². The number of rotatable bonds is 36. The van der Waals surface area contributed by atoms with E-state index >= 15 is 0 Å². The lowest BCUT2D eigenvalue weighted by atomic mass is 9.82. The Morgan fingerprint density at radius 1 is 0.489 bits per heavy atom. The van der Waals surface area contributed by atoms with Crippen LogP contribution >= 0.6 is 0 Å². The molecule has 0 aromatic carbocycles. The molecule has 8 heteroatoms. The lowest BCUT2D eigenvalue weighted by Crippen LogP contribution is -2.60. The van der Waals surface area contributed by atoms with E-state index in [0.29, 0.717) is 12.8 Å². The number of hydrogen-bond donors (Lipinski definition) is 3. The summed E-state index contributed by atoms with van der Waals surface area (Å²) in [6.45, 7) is 3.53. The third-order valence-electron chi connectivity index (χ3n) is 9.30. The molecule has 8 nitrogen and oxygen atoms in total. The van der Waals surface area contributed by atoms with Crippen LogP contribution in [0, 0.1) is 0 Å². The van der Waals surface area contributed by atoms with E-state index in [1.165, 1.54) is 103 Å². The highest BCUT2D eigenvalue weighted by atomic mass is 16.6. The first-order chi connectivity index (χ1) is 22.8. The number of Topliss-reactive ketones (excluding diaryl/α,β-unsaturated/α-hetero) is 2. The van der Waals surface area contributed by atoms with Crippen LogP contribution in [0.3, 0.4) is 0 Å². The third-order valence-corrected chi connectivity index (χ3v) is 9.30. The maximum atomic E-state index is 13.5. The van der Waals surface area contributed by atoms with Gasteiger partial charge in [0.15, 0.2) is 11.6 Å². The van der Waals surface area contributed by atoms with Gasteiger partial charge in [0.1, 0.15) is 6.10 Å². The van der Waals surface area contributed by atoms with Gasteiger partial charge in [0, 0.05) is 12.8 Å². The fourth-order valence-corrected chi connectivity index (χ4v) is 6.26. The fourth-order valence-electron chi connectivity index (χ4n) is 6.26. The van der Waals surface area contributed by atoms with Crippen LogP contribution in [0.2, 0.25) is 0 Å². The summed E-state index contributed by atoms with van der Waals surface area (Å²) in [5.74, 6) is -3.69. The number of hydrogen-bond acceptors (Lipinski definition) is 7. The highest BCUT2D eigenvalue weighted by Gasteiger charge is 2.53. The molecule has 0 aliphatic heterocycles. The Bertz CT molecular complexity index is 754. The van der Waals surface area contributed by atoms with Crippen molar-refractivity contribution in [3.8, 4) is 0 Å². The number of esters is 1. The molecule has 0 saturated heterocycles. The Labute approximate surface area is 287 Å². The van der Waals surface area contributed by atoms with Gasteiger partial charge in [0.2, 0.25) is 0 Å². The second kappa shape index (κ2) is 31.5. The number of aliphatic hydroxyl groups excluding tert-OH is 2. The first-order valence-corrected chi connectivity index (χ1v) is 19.5. The van der Waals surface area contributed by atoms with E-state index in [2.05, 4.69) is 13.8 Å². The maximum Gasteiger partial charge on any atom is 0.307 e. The first kappa shape index (κ1) is 45.2. The molecule has 0 aliphatic rings. The number of aliphatic carboxylic acids is 1. The molecule has 0 fully saturated rings. The Kier molecular flexibility index (Phi) is 30.3. The van der Waals surface area contributed by atoms with Crippen molar-refractivity contribution in [2.24, 2.45) is 0 Å². The summed E-state index contributed by atoms with van der Waals surface area (Å²) < 4.78 is 5.38. The SMILES string of the molecule is CCCCCCCCCCCCCCCC(=O)C(OC(=O)CCC(=O)O)(C(=O)CCCCCCCCCCCCCCC)C(O)CO. The van der Waals surface area contributed by atoms with E-state index in [1.54, 1.807) is 0 Å². The molecule has 276 valence electrons. The minimum atomic E-state index is -2.50. The van der Waals surface area contributed by atoms with Gasteiger partial charge in [-0.3, -0.25) is 19.2 Å². The molecule has 3 N–H and O–H groups in total. The van der Waals surface area contributed by atoms with Gasteiger partial charge in [-0.1, -0.05) is 168 Å². The van der Waals surface area contributed by atoms with Crippen LogP contribution in [-0.4, -0.2) is 57.1 Å². The van der Waals surface area contributed by atoms with E-state index in [1.807, 2.05) is 0 Å². The van der Waals surface area contributed by atoms with E-state index in [4.69, 9.17) is 9.84 Å². The zero-order valence-corrected chi connectivity index (χ0v) is 30.4. The van der Waals surface area contributed by atoms with Crippen molar-refractivity contribution in [2.45, 2.75) is 218 Å². The molecular formula is C39H72O8. The van der Waals surface area contributed by atoms with E-state index in [9.17, 15) is 29.4 Å². The van der Waals surface area contributed by atoms with Gasteiger partial charge in [-0.2, -0.15) is 0 Å². The quantitative estimate of drug-likeness (QED) is 0.0341. The van der Waals surface area contributed by atoms with Crippen LogP contribution in [0.25, 0.3) is 0 Å². The van der Waals surface area contributed by atoms with Crippen molar-refractivity contribution in [1.82, 2.24) is 0 Å². The molecule has 0 aromatic heterocycles. The number of ketones is 2. The third kappa shape index (κ3) is 23.2. The van der Waals surface area contributed by atoms with Gasteiger partial charge < -0.3 is 20.1 Å². The molecule has 0 saturated carbocycles. The summed E-state index contributed by atoms with van der Waals surface area (Å²) in [4.78, 5) is 50.6. The van der Waals surface area contributed by atoms with Crippen LogP contribution in [0.1, 0.15) is 206 Å². The molecule has 47 heavy (non-hydrogen) atoms. The van der Waals surface area contributed by atoms with Crippen molar-refractivity contribution in [3.63, 3.8) is 0 Å². The first-order valence-electron chi connectivity index (χ1n) is 19.5. The average molecular weight is 669 g/mol. The molecule has 0 heterocycles. The standard InChI is InChI=1S/C39H72O8/c1-3-5-7-9-11-13-15-17-19-21-23-25-27-29-34(41)39(36(43)33-40,47-38(46)32-31-37(44)45)35(42)30-28-26-24-22-20-18-16-14-12-10-8-6-4-2/h36,40,43H,3-33H2,1-2H3,(H,44,45). The van der Waals surface area contributed by atoms with Crippen molar-refractivity contribution >= 4 is 23.5 Å². The number of ether oxygens (including phenoxy) is 1. The molecule has 0 amide bonds. The normalized spacial score (nSPS) is 12.3. The van der Waals surface area contributed by atoms with Crippen LogP contribution in [-0.2, 0) is 23.9 Å². The number of carboxylic acids is 1. The number of unbranched alkanes of at least 4 members (excludes halogenated alkanes) is 24. The van der Waals surface area contributed by atoms with Gasteiger partial charge in [-0.05, 0) is 12.8 Å². The second-order valence-electron chi connectivity index (χ2n) is 13.6. The Morgan fingerprint density at radius 2 is 0.787 bits per heavy atom. The van der Waals surface area contributed by atoms with Crippen molar-refractivity contribution in [3.05, 3.63) is 0 Å². The number of carbonyl (C=O) groups excluding carboxylic acids is 3. The molecule has 0 aliphatic carbocycles. The minimum absolute atomic E-state index is 0.0641. The van der Waals surface area contributed by atoms with Gasteiger partial charge in [-0.15, -0.1) is 0 Å². The van der Waals surface area contributed by atoms with Crippen LogP contribution in [0.5, 0.6) is 0 Å². The summed E-state index contributed by atoms with van der Waals surface area (Å²) >= 11 is 0. The lowest BCUT2D eigenvalue weighted by molar-refractivity contribution is -0.188. The van der Waals surface area contributed by atoms with Crippen molar-refractivity contribution in [1.29, 1.82) is 0 Å². The highest BCUT2D eigenvalue weighted by molar-refractivity contribution is 6.12. The highest BCUT2D eigenvalue weighted by Crippen LogP contribution is 2.27. The van der Waals surface area contributed by atoms with Crippen LogP contribution in [0.4, 0.5) is 0 Å². The molecule has 0 rings (SSSR count). The number of carbonyl (C=O) groups is 4. The molecule has 0 bridgehead atoms. The monoisotopic (exact) mass is 669 g/mol. The topological polar surface area (TPSA) is 138 Å². The average Bonchev–Trinajstić information content (AvgIpc) is 3.06. The number of aliphatic hydroxyl groups is 2. The Hall–Kier alpha value is -1.80. The lowest BCUT2D eigenvalue weighted by Gasteiger charge is -2.34. The van der Waals surface area contributed by atoms with Crippen LogP contribution in [0.15, 0.2) is 0 Å². The molecule has 1 atom stereocenters. The zero-order chi connectivity index (χ0) is 35.0. The zero-order valence-electron chi connectivity index (χ0n) is 30.4. The minimum Gasteiger partial charge on any atom is -0.481 e. The van der Waals surface area contributed by atoms with Gasteiger partial charge in [-0.25, -0.2) is 0 Å². The summed E-state index contributed by atoms with van der Waals surface area (Å²) in [6, 6.07) is 0. The summed E-state index contributed by atoms with van der Waals surface area (Å²) in [7, 11) is 0. The fraction of sp³-hybridized carbons (Fsp3) is 0.897. The Morgan fingerprint density at radius 3 is 1.06 bits per heavy atom. The summed E-state index contributed by atoms with van der Waals surface area (Å²) in [6.07, 6.45) is 26.3. The predicted molar refractivity (Wildman–Crippen MR) is 189 cm³/mol. The van der Waals surface area contributed by atoms with Gasteiger partial charge in [0.25, 0.3) is 5.60 Å². The maximum absolute atomic E-state index is 13.5. The van der Waals surface area contributed by atoms with Crippen molar-refractivity contribution in [2.75, 3.05) is 6.61 Å². The smallest absolute Gasteiger partial charge is 0.307 e. The summed E-state index contributed by atoms with van der Waals surface area (Å²) in [5, 5.41) is 29.6. The molecule has 0 radical (unpaired) electrons. The van der Waals surface area contributed by atoms with E-state index < -0.39 is 54.7 Å². The molecule has 0 aromatic rings. The van der Waals surface area contributed by atoms with Gasteiger partial charge in [0.05, 0.1) is 19.4 Å². The predicted octanol–water partition coefficient (Wildman–Crippen LogP) is 9.59.